The summed E-state index contributed by atoms with van der Waals surface area (Å²) in [6, 6.07) is -0.115. The SMILES string of the molecule is COC(=O)CC(NC(=O)C1CCCC1)C(C)C. The van der Waals surface area contributed by atoms with Crippen LogP contribution in [0.25, 0.3) is 0 Å². The molecule has 0 heterocycles. The third-order valence-electron chi connectivity index (χ3n) is 3.47. The molecule has 0 aromatic carbocycles. The number of esters is 1. The van der Waals surface area contributed by atoms with Crippen molar-refractivity contribution in [2.75, 3.05) is 7.11 Å². The van der Waals surface area contributed by atoms with Gasteiger partial charge >= 0.3 is 5.97 Å². The van der Waals surface area contributed by atoms with Gasteiger partial charge in [-0.15, -0.1) is 0 Å². The highest BCUT2D eigenvalue weighted by Gasteiger charge is 2.26. The topological polar surface area (TPSA) is 55.4 Å². The molecule has 0 aromatic rings. The van der Waals surface area contributed by atoms with Crippen molar-refractivity contribution in [1.82, 2.24) is 5.32 Å². The molecule has 1 aliphatic rings. The minimum atomic E-state index is -0.268. The lowest BCUT2D eigenvalue weighted by atomic mass is 9.99. The zero-order chi connectivity index (χ0) is 12.8. The van der Waals surface area contributed by atoms with Gasteiger partial charge in [0.05, 0.1) is 13.5 Å². The Hall–Kier alpha value is -1.06. The van der Waals surface area contributed by atoms with Crippen molar-refractivity contribution in [3.05, 3.63) is 0 Å². The maximum atomic E-state index is 12.0. The first-order chi connectivity index (χ1) is 8.04. The van der Waals surface area contributed by atoms with Gasteiger partial charge in [0.25, 0.3) is 0 Å². The standard InChI is InChI=1S/C13H23NO3/c1-9(2)11(8-12(15)17-3)14-13(16)10-6-4-5-7-10/h9-11H,4-8H2,1-3H3,(H,14,16). The Bertz CT molecular complexity index is 270. The number of amides is 1. The van der Waals surface area contributed by atoms with Crippen LogP contribution in [0, 0.1) is 11.8 Å². The molecule has 1 unspecified atom stereocenters. The van der Waals surface area contributed by atoms with E-state index in [-0.39, 0.29) is 36.2 Å². The molecule has 0 aliphatic heterocycles. The van der Waals surface area contributed by atoms with E-state index in [1.54, 1.807) is 0 Å². The maximum absolute atomic E-state index is 12.0. The molecule has 0 saturated heterocycles. The Kier molecular flexibility index (Phi) is 5.45. The minimum absolute atomic E-state index is 0.102. The quantitative estimate of drug-likeness (QED) is 0.748. The summed E-state index contributed by atoms with van der Waals surface area (Å²) < 4.78 is 4.65. The maximum Gasteiger partial charge on any atom is 0.307 e. The fraction of sp³-hybridized carbons (Fsp3) is 0.846. The highest BCUT2D eigenvalue weighted by Crippen LogP contribution is 2.25. The second-order valence-corrected chi connectivity index (χ2v) is 5.12. The van der Waals surface area contributed by atoms with Crippen molar-refractivity contribution in [1.29, 1.82) is 0 Å². The molecular weight excluding hydrogens is 218 g/mol. The predicted octanol–water partition coefficient (Wildman–Crippen LogP) is 1.88. The van der Waals surface area contributed by atoms with Gasteiger partial charge < -0.3 is 10.1 Å². The third-order valence-corrected chi connectivity index (χ3v) is 3.47. The van der Waals surface area contributed by atoms with Crippen LogP contribution in [-0.4, -0.2) is 25.0 Å². The van der Waals surface area contributed by atoms with Crippen LogP contribution in [0.4, 0.5) is 0 Å². The molecule has 0 aromatic heterocycles. The van der Waals surface area contributed by atoms with E-state index >= 15 is 0 Å². The molecule has 0 radical (unpaired) electrons. The average molecular weight is 241 g/mol. The predicted molar refractivity (Wildman–Crippen MR) is 65.4 cm³/mol. The fourth-order valence-electron chi connectivity index (χ4n) is 2.20. The van der Waals surface area contributed by atoms with E-state index in [4.69, 9.17) is 0 Å². The molecule has 0 spiro atoms. The summed E-state index contributed by atoms with van der Waals surface area (Å²) in [6.07, 6.45) is 4.50. The molecule has 1 rings (SSSR count). The van der Waals surface area contributed by atoms with Crippen molar-refractivity contribution < 1.29 is 14.3 Å². The number of carbonyl (C=O) groups is 2. The van der Waals surface area contributed by atoms with Gasteiger partial charge in [0, 0.05) is 12.0 Å². The van der Waals surface area contributed by atoms with Gasteiger partial charge in [0.1, 0.15) is 0 Å². The Morgan fingerprint density at radius 1 is 1.29 bits per heavy atom. The van der Waals surface area contributed by atoms with Crippen LogP contribution in [0.1, 0.15) is 46.0 Å². The first kappa shape index (κ1) is 14.0. The van der Waals surface area contributed by atoms with Gasteiger partial charge in [-0.3, -0.25) is 9.59 Å². The summed E-state index contributed by atoms with van der Waals surface area (Å²) in [4.78, 5) is 23.2. The Morgan fingerprint density at radius 3 is 2.35 bits per heavy atom. The van der Waals surface area contributed by atoms with Gasteiger partial charge in [0.15, 0.2) is 0 Å². The highest BCUT2D eigenvalue weighted by molar-refractivity contribution is 5.80. The molecule has 1 N–H and O–H groups in total. The Labute approximate surface area is 103 Å². The van der Waals surface area contributed by atoms with Crippen LogP contribution >= 0.6 is 0 Å². The van der Waals surface area contributed by atoms with E-state index in [9.17, 15) is 9.59 Å². The van der Waals surface area contributed by atoms with Crippen LogP contribution in [-0.2, 0) is 14.3 Å². The number of rotatable bonds is 5. The van der Waals surface area contributed by atoms with E-state index in [1.165, 1.54) is 7.11 Å². The molecule has 0 bridgehead atoms. The highest BCUT2D eigenvalue weighted by atomic mass is 16.5. The van der Waals surface area contributed by atoms with Gasteiger partial charge in [-0.1, -0.05) is 26.7 Å². The molecule has 98 valence electrons. The van der Waals surface area contributed by atoms with E-state index in [0.29, 0.717) is 0 Å². The van der Waals surface area contributed by atoms with Crippen molar-refractivity contribution in [3.8, 4) is 0 Å². The molecule has 4 heteroatoms. The Balaban J connectivity index is 2.47. The lowest BCUT2D eigenvalue weighted by Gasteiger charge is -2.23. The summed E-state index contributed by atoms with van der Waals surface area (Å²) in [7, 11) is 1.37. The van der Waals surface area contributed by atoms with Gasteiger partial charge in [-0.2, -0.15) is 0 Å². The summed E-state index contributed by atoms with van der Waals surface area (Å²) in [5.74, 6) is 0.217. The van der Waals surface area contributed by atoms with E-state index < -0.39 is 0 Å². The molecule has 1 fully saturated rings. The number of hydrogen-bond acceptors (Lipinski definition) is 3. The first-order valence-electron chi connectivity index (χ1n) is 6.41. The van der Waals surface area contributed by atoms with Crippen molar-refractivity contribution >= 4 is 11.9 Å². The van der Waals surface area contributed by atoms with Crippen LogP contribution in [0.5, 0.6) is 0 Å². The monoisotopic (exact) mass is 241 g/mol. The summed E-state index contributed by atoms with van der Waals surface area (Å²) in [5.41, 5.74) is 0. The zero-order valence-corrected chi connectivity index (χ0v) is 11.0. The molecule has 17 heavy (non-hydrogen) atoms. The molecule has 1 amide bonds. The van der Waals surface area contributed by atoms with Crippen molar-refractivity contribution in [2.24, 2.45) is 11.8 Å². The summed E-state index contributed by atoms with van der Waals surface area (Å²) in [5, 5.41) is 2.98. The zero-order valence-electron chi connectivity index (χ0n) is 11.0. The number of carbonyl (C=O) groups excluding carboxylic acids is 2. The number of methoxy groups -OCH3 is 1. The lowest BCUT2D eigenvalue weighted by Crippen LogP contribution is -2.42. The molecule has 1 atom stereocenters. The molecular formula is C13H23NO3. The minimum Gasteiger partial charge on any atom is -0.469 e. The second-order valence-electron chi connectivity index (χ2n) is 5.12. The fourth-order valence-corrected chi connectivity index (χ4v) is 2.20. The summed E-state index contributed by atoms with van der Waals surface area (Å²) in [6.45, 7) is 4.01. The first-order valence-corrected chi connectivity index (χ1v) is 6.41. The van der Waals surface area contributed by atoms with Crippen molar-refractivity contribution in [2.45, 2.75) is 52.0 Å². The van der Waals surface area contributed by atoms with E-state index in [1.807, 2.05) is 13.8 Å². The second kappa shape index (κ2) is 6.62. The Morgan fingerprint density at radius 2 is 1.88 bits per heavy atom. The van der Waals surface area contributed by atoms with Gasteiger partial charge in [0.2, 0.25) is 5.91 Å². The molecule has 1 saturated carbocycles. The number of ether oxygens (including phenoxy) is 1. The molecule has 1 aliphatic carbocycles. The van der Waals surface area contributed by atoms with Gasteiger partial charge in [-0.25, -0.2) is 0 Å². The number of nitrogens with one attached hydrogen (secondary N) is 1. The van der Waals surface area contributed by atoms with E-state index in [2.05, 4.69) is 10.1 Å². The number of hydrogen-bond donors (Lipinski definition) is 1. The summed E-state index contributed by atoms with van der Waals surface area (Å²) >= 11 is 0. The van der Waals surface area contributed by atoms with E-state index in [0.717, 1.165) is 25.7 Å². The van der Waals surface area contributed by atoms with Crippen LogP contribution in [0.3, 0.4) is 0 Å². The van der Waals surface area contributed by atoms with Crippen LogP contribution in [0.2, 0.25) is 0 Å². The van der Waals surface area contributed by atoms with Crippen LogP contribution in [0.15, 0.2) is 0 Å². The van der Waals surface area contributed by atoms with Crippen LogP contribution < -0.4 is 5.32 Å². The smallest absolute Gasteiger partial charge is 0.307 e. The largest absolute Gasteiger partial charge is 0.469 e. The average Bonchev–Trinajstić information content (AvgIpc) is 2.81. The molecule has 4 nitrogen and oxygen atoms in total. The lowest BCUT2D eigenvalue weighted by molar-refractivity contribution is -0.141. The normalized spacial score (nSPS) is 18.1. The van der Waals surface area contributed by atoms with Gasteiger partial charge in [-0.05, 0) is 18.8 Å². The van der Waals surface area contributed by atoms with Crippen molar-refractivity contribution in [3.63, 3.8) is 0 Å². The third kappa shape index (κ3) is 4.36.